The number of rotatable bonds is 2. The first-order valence-electron chi connectivity index (χ1n) is 4.21. The highest BCUT2D eigenvalue weighted by Gasteiger charge is 2.16. The molecular weight excluding hydrogens is 140 g/mol. The van der Waals surface area contributed by atoms with Crippen molar-refractivity contribution in [2.45, 2.75) is 32.1 Å². The molecule has 0 heterocycles. The third-order valence-corrected chi connectivity index (χ3v) is 2.22. The zero-order valence-corrected chi connectivity index (χ0v) is 7.05. The molecule has 3 heteroatoms. The van der Waals surface area contributed by atoms with Crippen molar-refractivity contribution >= 4 is 5.84 Å². The topological polar surface area (TPSA) is 47.6 Å². The molecule has 1 saturated carbocycles. The molecule has 1 rings (SSSR count). The van der Waals surface area contributed by atoms with Crippen molar-refractivity contribution in [2.75, 3.05) is 7.11 Å². The van der Waals surface area contributed by atoms with Crippen LogP contribution < -0.4 is 5.73 Å². The van der Waals surface area contributed by atoms with Crippen molar-refractivity contribution in [3.05, 3.63) is 0 Å². The minimum absolute atomic E-state index is 0.476. The Morgan fingerprint density at radius 3 is 2.55 bits per heavy atom. The normalized spacial score (nSPS) is 21.7. The van der Waals surface area contributed by atoms with Crippen LogP contribution in [-0.2, 0) is 4.84 Å². The summed E-state index contributed by atoms with van der Waals surface area (Å²) in [5.74, 6) is 1.15. The summed E-state index contributed by atoms with van der Waals surface area (Å²) in [6.07, 6.45) is 6.27. The third-order valence-electron chi connectivity index (χ3n) is 2.22. The summed E-state index contributed by atoms with van der Waals surface area (Å²) in [5.41, 5.74) is 5.68. The predicted octanol–water partition coefficient (Wildman–Crippen LogP) is 1.49. The minimum Gasteiger partial charge on any atom is -0.398 e. The first kappa shape index (κ1) is 8.37. The van der Waals surface area contributed by atoms with Gasteiger partial charge in [0.15, 0.2) is 0 Å². The SMILES string of the molecule is CON=C(N)C1CCCCC1. The van der Waals surface area contributed by atoms with Crippen LogP contribution in [0.2, 0.25) is 0 Å². The molecule has 64 valence electrons. The van der Waals surface area contributed by atoms with E-state index >= 15 is 0 Å². The van der Waals surface area contributed by atoms with Crippen molar-refractivity contribution in [3.8, 4) is 0 Å². The van der Waals surface area contributed by atoms with Crippen molar-refractivity contribution in [3.63, 3.8) is 0 Å². The van der Waals surface area contributed by atoms with Crippen LogP contribution in [0.3, 0.4) is 0 Å². The van der Waals surface area contributed by atoms with Crippen LogP contribution in [0.25, 0.3) is 0 Å². The average molecular weight is 156 g/mol. The standard InChI is InChI=1S/C8H16N2O/c1-11-10-8(9)7-5-3-2-4-6-7/h7H,2-6H2,1H3,(H2,9,10). The van der Waals surface area contributed by atoms with E-state index in [2.05, 4.69) is 9.99 Å². The monoisotopic (exact) mass is 156 g/mol. The van der Waals surface area contributed by atoms with Crippen molar-refractivity contribution in [2.24, 2.45) is 16.8 Å². The van der Waals surface area contributed by atoms with Gasteiger partial charge in [-0.15, -0.1) is 0 Å². The fourth-order valence-corrected chi connectivity index (χ4v) is 1.58. The Morgan fingerprint density at radius 1 is 1.36 bits per heavy atom. The maximum Gasteiger partial charge on any atom is 0.142 e. The zero-order valence-electron chi connectivity index (χ0n) is 7.05. The molecule has 0 aromatic heterocycles. The average Bonchev–Trinajstić information content (AvgIpc) is 2.07. The summed E-state index contributed by atoms with van der Waals surface area (Å²) in [4.78, 5) is 4.62. The Morgan fingerprint density at radius 2 is 2.00 bits per heavy atom. The van der Waals surface area contributed by atoms with E-state index in [1.165, 1.54) is 39.2 Å². The highest BCUT2D eigenvalue weighted by atomic mass is 16.6. The fraction of sp³-hybridized carbons (Fsp3) is 0.875. The van der Waals surface area contributed by atoms with Crippen LogP contribution in [-0.4, -0.2) is 12.9 Å². The van der Waals surface area contributed by atoms with E-state index in [-0.39, 0.29) is 0 Å². The molecule has 1 aliphatic rings. The van der Waals surface area contributed by atoms with Gasteiger partial charge in [-0.05, 0) is 12.8 Å². The molecule has 3 nitrogen and oxygen atoms in total. The molecule has 1 fully saturated rings. The smallest absolute Gasteiger partial charge is 0.142 e. The van der Waals surface area contributed by atoms with Crippen LogP contribution in [0.5, 0.6) is 0 Å². The molecule has 0 atom stereocenters. The van der Waals surface area contributed by atoms with Gasteiger partial charge in [0.25, 0.3) is 0 Å². The number of hydrogen-bond donors (Lipinski definition) is 1. The number of amidine groups is 1. The van der Waals surface area contributed by atoms with Gasteiger partial charge in [0, 0.05) is 5.92 Å². The van der Waals surface area contributed by atoms with E-state index < -0.39 is 0 Å². The number of nitrogens with zero attached hydrogens (tertiary/aromatic N) is 1. The highest BCUT2D eigenvalue weighted by Crippen LogP contribution is 2.23. The molecule has 1 aliphatic carbocycles. The molecule has 0 aromatic rings. The van der Waals surface area contributed by atoms with Gasteiger partial charge in [0.05, 0.1) is 0 Å². The van der Waals surface area contributed by atoms with Crippen molar-refractivity contribution in [1.82, 2.24) is 0 Å². The van der Waals surface area contributed by atoms with Gasteiger partial charge in [0.1, 0.15) is 12.9 Å². The van der Waals surface area contributed by atoms with Gasteiger partial charge in [-0.3, -0.25) is 0 Å². The molecule has 0 unspecified atom stereocenters. The van der Waals surface area contributed by atoms with Crippen LogP contribution in [0, 0.1) is 5.92 Å². The molecule has 0 spiro atoms. The van der Waals surface area contributed by atoms with Gasteiger partial charge in [-0.25, -0.2) is 0 Å². The fourth-order valence-electron chi connectivity index (χ4n) is 1.58. The third kappa shape index (κ3) is 2.41. The van der Waals surface area contributed by atoms with E-state index in [0.717, 1.165) is 0 Å². The molecule has 0 amide bonds. The molecule has 2 N–H and O–H groups in total. The van der Waals surface area contributed by atoms with Gasteiger partial charge in [0.2, 0.25) is 0 Å². The van der Waals surface area contributed by atoms with E-state index in [1.807, 2.05) is 0 Å². The van der Waals surface area contributed by atoms with Crippen molar-refractivity contribution in [1.29, 1.82) is 0 Å². The molecule has 0 bridgehead atoms. The van der Waals surface area contributed by atoms with Gasteiger partial charge < -0.3 is 10.6 Å². The second-order valence-electron chi connectivity index (χ2n) is 3.03. The number of oxime groups is 1. The lowest BCUT2D eigenvalue weighted by Gasteiger charge is -2.19. The van der Waals surface area contributed by atoms with E-state index in [4.69, 9.17) is 5.73 Å². The lowest BCUT2D eigenvalue weighted by molar-refractivity contribution is 0.209. The summed E-state index contributed by atoms with van der Waals surface area (Å²) in [7, 11) is 1.54. The largest absolute Gasteiger partial charge is 0.398 e. The Hall–Kier alpha value is -0.730. The second-order valence-corrected chi connectivity index (χ2v) is 3.03. The second kappa shape index (κ2) is 4.21. The van der Waals surface area contributed by atoms with Crippen LogP contribution >= 0.6 is 0 Å². The molecule has 11 heavy (non-hydrogen) atoms. The van der Waals surface area contributed by atoms with Gasteiger partial charge >= 0.3 is 0 Å². The first-order chi connectivity index (χ1) is 5.34. The van der Waals surface area contributed by atoms with Crippen LogP contribution in [0.4, 0.5) is 0 Å². The summed E-state index contributed by atoms with van der Waals surface area (Å²) < 4.78 is 0. The van der Waals surface area contributed by atoms with E-state index in [1.54, 1.807) is 0 Å². The summed E-state index contributed by atoms with van der Waals surface area (Å²) in [6.45, 7) is 0. The van der Waals surface area contributed by atoms with Crippen LogP contribution in [0.1, 0.15) is 32.1 Å². The Labute approximate surface area is 67.6 Å². The lowest BCUT2D eigenvalue weighted by Crippen LogP contribution is -2.25. The van der Waals surface area contributed by atoms with E-state index in [0.29, 0.717) is 11.8 Å². The Balaban J connectivity index is 2.38. The maximum atomic E-state index is 5.68. The first-order valence-corrected chi connectivity index (χ1v) is 4.21. The minimum atomic E-state index is 0.476. The Kier molecular flexibility index (Phi) is 3.20. The van der Waals surface area contributed by atoms with Crippen molar-refractivity contribution < 1.29 is 4.84 Å². The molecular formula is C8H16N2O. The van der Waals surface area contributed by atoms with E-state index in [9.17, 15) is 0 Å². The summed E-state index contributed by atoms with van der Waals surface area (Å²) in [6, 6.07) is 0. The number of nitrogens with two attached hydrogens (primary N) is 1. The zero-order chi connectivity index (χ0) is 8.10. The molecule has 0 saturated heterocycles. The van der Waals surface area contributed by atoms with Crippen LogP contribution in [0.15, 0.2) is 5.16 Å². The maximum absolute atomic E-state index is 5.68. The summed E-state index contributed by atoms with van der Waals surface area (Å²) in [5, 5.41) is 3.74. The molecule has 0 aliphatic heterocycles. The highest BCUT2D eigenvalue weighted by molar-refractivity contribution is 5.82. The number of hydrogen-bond acceptors (Lipinski definition) is 2. The quantitative estimate of drug-likeness (QED) is 0.374. The lowest BCUT2D eigenvalue weighted by atomic mass is 9.89. The molecule has 0 aromatic carbocycles. The predicted molar refractivity (Wildman–Crippen MR) is 45.2 cm³/mol. The summed E-state index contributed by atoms with van der Waals surface area (Å²) >= 11 is 0. The Bertz CT molecular complexity index is 139. The van der Waals surface area contributed by atoms with Gasteiger partial charge in [-0.1, -0.05) is 24.4 Å². The van der Waals surface area contributed by atoms with Gasteiger partial charge in [-0.2, -0.15) is 0 Å². The molecule has 0 radical (unpaired) electrons.